The van der Waals surface area contributed by atoms with Gasteiger partial charge >= 0.3 is 0 Å². The second-order valence-electron chi connectivity index (χ2n) is 4.77. The highest BCUT2D eigenvalue weighted by molar-refractivity contribution is 7.99. The van der Waals surface area contributed by atoms with Crippen LogP contribution in [0.5, 0.6) is 0 Å². The van der Waals surface area contributed by atoms with Crippen molar-refractivity contribution in [3.8, 4) is 0 Å². The molecule has 0 radical (unpaired) electrons. The van der Waals surface area contributed by atoms with Crippen LogP contribution in [0.4, 0.5) is 0 Å². The number of aliphatic imine (C=N–C) groups is 1. The van der Waals surface area contributed by atoms with Crippen LogP contribution in [0.15, 0.2) is 17.1 Å². The summed E-state index contributed by atoms with van der Waals surface area (Å²) >= 11 is 9.38. The van der Waals surface area contributed by atoms with Gasteiger partial charge < -0.3 is 10.6 Å². The minimum atomic E-state index is 0.207. The molecular weight excluding hydrogens is 298 g/mol. The molecule has 0 bridgehead atoms. The monoisotopic (exact) mass is 319 g/mol. The van der Waals surface area contributed by atoms with Crippen molar-refractivity contribution >= 4 is 40.7 Å². The van der Waals surface area contributed by atoms with E-state index in [1.165, 1.54) is 4.88 Å². The molecule has 0 atom stereocenters. The van der Waals surface area contributed by atoms with Gasteiger partial charge in [0.05, 0.1) is 4.34 Å². The Morgan fingerprint density at radius 2 is 2.16 bits per heavy atom. The first-order valence-corrected chi connectivity index (χ1v) is 8.62. The fraction of sp³-hybridized carbons (Fsp3) is 0.615. The number of thioether (sulfide) groups is 1. The van der Waals surface area contributed by atoms with Gasteiger partial charge in [0, 0.05) is 29.8 Å². The van der Waals surface area contributed by atoms with E-state index >= 15 is 0 Å². The first-order chi connectivity index (χ1) is 8.96. The Morgan fingerprint density at radius 3 is 2.68 bits per heavy atom. The number of rotatable bonds is 6. The summed E-state index contributed by atoms with van der Waals surface area (Å²) in [4.78, 5) is 5.51. The predicted molar refractivity (Wildman–Crippen MR) is 90.0 cm³/mol. The van der Waals surface area contributed by atoms with Gasteiger partial charge in [0.2, 0.25) is 0 Å². The Kier molecular flexibility index (Phi) is 7.04. The molecule has 1 aromatic rings. The van der Waals surface area contributed by atoms with Crippen molar-refractivity contribution in [3.63, 3.8) is 0 Å². The summed E-state index contributed by atoms with van der Waals surface area (Å²) in [6.45, 7) is 6.17. The SMILES string of the molecule is CN=C(NCCc1ccc(Cl)s1)NCC(C)(C)SC. The Labute approximate surface area is 129 Å². The van der Waals surface area contributed by atoms with Gasteiger partial charge in [-0.3, -0.25) is 4.99 Å². The van der Waals surface area contributed by atoms with E-state index in [4.69, 9.17) is 11.6 Å². The highest BCUT2D eigenvalue weighted by Crippen LogP contribution is 2.21. The number of thiophene rings is 1. The maximum Gasteiger partial charge on any atom is 0.191 e. The zero-order valence-corrected chi connectivity index (χ0v) is 14.3. The summed E-state index contributed by atoms with van der Waals surface area (Å²) in [6, 6.07) is 4.01. The lowest BCUT2D eigenvalue weighted by molar-refractivity contribution is 0.664. The van der Waals surface area contributed by atoms with Crippen LogP contribution in [0.25, 0.3) is 0 Å². The highest BCUT2D eigenvalue weighted by atomic mass is 35.5. The third kappa shape index (κ3) is 6.54. The Hall–Kier alpha value is -0.390. The molecular formula is C13H22ClN3S2. The van der Waals surface area contributed by atoms with E-state index in [1.54, 1.807) is 18.4 Å². The summed E-state index contributed by atoms with van der Waals surface area (Å²) in [6.07, 6.45) is 3.09. The molecule has 19 heavy (non-hydrogen) atoms. The van der Waals surface area contributed by atoms with Gasteiger partial charge in [-0.15, -0.1) is 11.3 Å². The van der Waals surface area contributed by atoms with Crippen LogP contribution in [-0.4, -0.2) is 37.1 Å². The number of halogens is 1. The zero-order valence-electron chi connectivity index (χ0n) is 11.9. The predicted octanol–water partition coefficient (Wildman–Crippen LogP) is 3.25. The molecule has 2 N–H and O–H groups in total. The summed E-state index contributed by atoms with van der Waals surface area (Å²) in [7, 11) is 1.80. The number of nitrogens with zero attached hydrogens (tertiary/aromatic N) is 1. The summed E-state index contributed by atoms with van der Waals surface area (Å²) in [5.41, 5.74) is 0. The molecule has 6 heteroatoms. The maximum absolute atomic E-state index is 5.90. The Balaban J connectivity index is 2.30. The van der Waals surface area contributed by atoms with E-state index in [2.05, 4.69) is 41.8 Å². The largest absolute Gasteiger partial charge is 0.356 e. The molecule has 0 saturated carbocycles. The van der Waals surface area contributed by atoms with Crippen LogP contribution < -0.4 is 10.6 Å². The Morgan fingerprint density at radius 1 is 1.42 bits per heavy atom. The molecule has 0 aliphatic rings. The minimum absolute atomic E-state index is 0.207. The lowest BCUT2D eigenvalue weighted by atomic mass is 10.2. The molecule has 0 saturated heterocycles. The third-order valence-corrected chi connectivity index (χ3v) is 5.29. The van der Waals surface area contributed by atoms with Gasteiger partial charge in [0.1, 0.15) is 0 Å². The topological polar surface area (TPSA) is 36.4 Å². The highest BCUT2D eigenvalue weighted by Gasteiger charge is 2.15. The molecule has 0 fully saturated rings. The second kappa shape index (κ2) is 8.02. The molecule has 3 nitrogen and oxygen atoms in total. The van der Waals surface area contributed by atoms with E-state index < -0.39 is 0 Å². The lowest BCUT2D eigenvalue weighted by Gasteiger charge is -2.23. The van der Waals surface area contributed by atoms with Gasteiger partial charge in [-0.1, -0.05) is 11.6 Å². The van der Waals surface area contributed by atoms with Crippen molar-refractivity contribution < 1.29 is 0 Å². The number of hydrogen-bond acceptors (Lipinski definition) is 3. The molecule has 0 spiro atoms. The fourth-order valence-electron chi connectivity index (χ4n) is 1.38. The molecule has 0 unspecified atom stereocenters. The summed E-state index contributed by atoms with van der Waals surface area (Å²) < 4.78 is 1.05. The van der Waals surface area contributed by atoms with E-state index in [0.29, 0.717) is 0 Å². The van der Waals surface area contributed by atoms with Crippen LogP contribution in [0.2, 0.25) is 4.34 Å². The average molecular weight is 320 g/mol. The van der Waals surface area contributed by atoms with Gasteiger partial charge in [0.25, 0.3) is 0 Å². The lowest BCUT2D eigenvalue weighted by Crippen LogP contribution is -2.43. The van der Waals surface area contributed by atoms with Crippen LogP contribution >= 0.6 is 34.7 Å². The van der Waals surface area contributed by atoms with E-state index in [9.17, 15) is 0 Å². The molecule has 1 rings (SSSR count). The quantitative estimate of drug-likeness (QED) is 0.624. The number of nitrogens with one attached hydrogen (secondary N) is 2. The second-order valence-corrected chi connectivity index (χ2v) is 8.09. The summed E-state index contributed by atoms with van der Waals surface area (Å²) in [5.74, 6) is 0.852. The first-order valence-electron chi connectivity index (χ1n) is 6.21. The maximum atomic E-state index is 5.90. The van der Waals surface area contributed by atoms with Gasteiger partial charge in [-0.25, -0.2) is 0 Å². The molecule has 0 aromatic carbocycles. The van der Waals surface area contributed by atoms with Crippen molar-refractivity contribution in [1.82, 2.24) is 10.6 Å². The van der Waals surface area contributed by atoms with Crippen molar-refractivity contribution in [1.29, 1.82) is 0 Å². The van der Waals surface area contributed by atoms with Gasteiger partial charge in [0.15, 0.2) is 5.96 Å². The smallest absolute Gasteiger partial charge is 0.191 e. The van der Waals surface area contributed by atoms with Crippen molar-refractivity contribution in [2.45, 2.75) is 25.0 Å². The molecule has 0 aliphatic heterocycles. The average Bonchev–Trinajstić information content (AvgIpc) is 2.79. The first kappa shape index (κ1) is 16.7. The molecule has 0 amide bonds. The molecule has 1 aromatic heterocycles. The normalized spacial score (nSPS) is 12.6. The van der Waals surface area contributed by atoms with E-state index in [-0.39, 0.29) is 4.75 Å². The fourth-order valence-corrected chi connectivity index (χ4v) is 2.68. The van der Waals surface area contributed by atoms with Crippen LogP contribution in [0, 0.1) is 0 Å². The Bertz CT molecular complexity index is 416. The van der Waals surface area contributed by atoms with Crippen molar-refractivity contribution in [2.75, 3.05) is 26.4 Å². The summed E-state index contributed by atoms with van der Waals surface area (Å²) in [5, 5.41) is 6.66. The molecule has 1 heterocycles. The zero-order chi connectivity index (χ0) is 14.3. The molecule has 108 valence electrons. The van der Waals surface area contributed by atoms with Crippen LogP contribution in [-0.2, 0) is 6.42 Å². The van der Waals surface area contributed by atoms with Crippen LogP contribution in [0.1, 0.15) is 18.7 Å². The minimum Gasteiger partial charge on any atom is -0.356 e. The third-order valence-electron chi connectivity index (χ3n) is 2.75. The van der Waals surface area contributed by atoms with Gasteiger partial charge in [-0.2, -0.15) is 11.8 Å². The van der Waals surface area contributed by atoms with Crippen molar-refractivity contribution in [3.05, 3.63) is 21.3 Å². The van der Waals surface area contributed by atoms with E-state index in [0.717, 1.165) is 29.8 Å². The van der Waals surface area contributed by atoms with E-state index in [1.807, 2.05) is 17.8 Å². The standard InChI is InChI=1S/C13H22ClN3S2/c1-13(2,18-4)9-17-12(15-3)16-8-7-10-5-6-11(14)19-10/h5-6H,7-9H2,1-4H3,(H2,15,16,17). The van der Waals surface area contributed by atoms with Gasteiger partial charge in [-0.05, 0) is 38.7 Å². The number of hydrogen-bond donors (Lipinski definition) is 2. The molecule has 0 aliphatic carbocycles. The van der Waals surface area contributed by atoms with Crippen molar-refractivity contribution in [2.24, 2.45) is 4.99 Å². The van der Waals surface area contributed by atoms with Crippen LogP contribution in [0.3, 0.4) is 0 Å². The number of guanidine groups is 1.